The monoisotopic (exact) mass is 376 g/mol. The van der Waals surface area contributed by atoms with E-state index in [1.165, 1.54) is 12.1 Å². The van der Waals surface area contributed by atoms with Gasteiger partial charge in [-0.15, -0.1) is 0 Å². The van der Waals surface area contributed by atoms with E-state index in [9.17, 15) is 9.18 Å². The van der Waals surface area contributed by atoms with E-state index in [1.54, 1.807) is 24.3 Å². The molecular formula is C20H22ClFN2O2. The molecule has 0 aliphatic carbocycles. The lowest BCUT2D eigenvalue weighted by molar-refractivity contribution is -0.133. The summed E-state index contributed by atoms with van der Waals surface area (Å²) in [7, 11) is 0. The molecule has 4 nitrogen and oxygen atoms in total. The van der Waals surface area contributed by atoms with Crippen LogP contribution in [0.4, 0.5) is 4.39 Å². The van der Waals surface area contributed by atoms with Gasteiger partial charge in [0.2, 0.25) is 0 Å². The third-order valence-electron chi connectivity index (χ3n) is 4.42. The Labute approximate surface area is 158 Å². The fourth-order valence-corrected chi connectivity index (χ4v) is 3.20. The second kappa shape index (κ2) is 9.01. The smallest absolute Gasteiger partial charge is 0.260 e. The van der Waals surface area contributed by atoms with Gasteiger partial charge in [-0.1, -0.05) is 29.8 Å². The highest BCUT2D eigenvalue weighted by atomic mass is 35.5. The van der Waals surface area contributed by atoms with Crippen molar-refractivity contribution >= 4 is 17.5 Å². The van der Waals surface area contributed by atoms with Crippen molar-refractivity contribution in [2.45, 2.75) is 13.0 Å². The molecular weight excluding hydrogens is 355 g/mol. The lowest BCUT2D eigenvalue weighted by Gasteiger charge is -2.22. The number of benzene rings is 2. The maximum absolute atomic E-state index is 13.0. The number of hydrogen-bond acceptors (Lipinski definition) is 3. The Morgan fingerprint density at radius 2 is 1.88 bits per heavy atom. The van der Waals surface area contributed by atoms with Crippen molar-refractivity contribution in [2.24, 2.45) is 0 Å². The summed E-state index contributed by atoms with van der Waals surface area (Å²) in [6.07, 6.45) is 0.907. The summed E-state index contributed by atoms with van der Waals surface area (Å²) in [5.41, 5.74) is 1.08. The predicted molar refractivity (Wildman–Crippen MR) is 99.8 cm³/mol. The van der Waals surface area contributed by atoms with Gasteiger partial charge in [-0.2, -0.15) is 0 Å². The van der Waals surface area contributed by atoms with E-state index in [0.717, 1.165) is 38.2 Å². The lowest BCUT2D eigenvalue weighted by atomic mass is 10.2. The van der Waals surface area contributed by atoms with Crippen molar-refractivity contribution in [3.63, 3.8) is 0 Å². The molecule has 0 aromatic heterocycles. The van der Waals surface area contributed by atoms with Gasteiger partial charge in [0.25, 0.3) is 5.91 Å². The first-order valence-corrected chi connectivity index (χ1v) is 9.11. The molecule has 1 fully saturated rings. The van der Waals surface area contributed by atoms with E-state index < -0.39 is 0 Å². The normalized spacial score (nSPS) is 15.5. The molecule has 1 amide bonds. The Hall–Kier alpha value is -2.11. The Bertz CT molecular complexity index is 739. The van der Waals surface area contributed by atoms with Crippen LogP contribution in [0.25, 0.3) is 0 Å². The minimum absolute atomic E-state index is 0.0122. The molecule has 138 valence electrons. The number of hydrogen-bond donors (Lipinski definition) is 0. The van der Waals surface area contributed by atoms with Gasteiger partial charge in [-0.25, -0.2) is 4.39 Å². The summed E-state index contributed by atoms with van der Waals surface area (Å²) in [6, 6.07) is 13.6. The number of nitrogens with zero attached hydrogens (tertiary/aromatic N) is 2. The van der Waals surface area contributed by atoms with Crippen LogP contribution in [0.3, 0.4) is 0 Å². The van der Waals surface area contributed by atoms with Gasteiger partial charge < -0.3 is 9.64 Å². The number of ether oxygens (including phenoxy) is 1. The summed E-state index contributed by atoms with van der Waals surface area (Å²) in [5, 5.41) is 0.584. The largest absolute Gasteiger partial charge is 0.484 e. The number of halogens is 2. The minimum Gasteiger partial charge on any atom is -0.484 e. The first-order valence-electron chi connectivity index (χ1n) is 8.73. The highest BCUT2D eigenvalue weighted by Crippen LogP contribution is 2.17. The predicted octanol–water partition coefficient (Wildman–Crippen LogP) is 3.59. The molecule has 6 heteroatoms. The second-order valence-corrected chi connectivity index (χ2v) is 6.82. The van der Waals surface area contributed by atoms with Crippen LogP contribution in [0, 0.1) is 5.82 Å². The topological polar surface area (TPSA) is 32.8 Å². The van der Waals surface area contributed by atoms with Gasteiger partial charge in [0.15, 0.2) is 6.61 Å². The molecule has 0 bridgehead atoms. The van der Waals surface area contributed by atoms with Gasteiger partial charge in [0.05, 0.1) is 0 Å². The summed E-state index contributed by atoms with van der Waals surface area (Å²) in [4.78, 5) is 16.6. The fourth-order valence-electron chi connectivity index (χ4n) is 3.02. The number of rotatable bonds is 5. The molecule has 0 N–H and O–H groups in total. The molecule has 0 atom stereocenters. The maximum Gasteiger partial charge on any atom is 0.260 e. The zero-order valence-electron chi connectivity index (χ0n) is 14.5. The summed E-state index contributed by atoms with van der Waals surface area (Å²) < 4.78 is 18.6. The van der Waals surface area contributed by atoms with Crippen molar-refractivity contribution in [1.82, 2.24) is 9.80 Å². The van der Waals surface area contributed by atoms with Gasteiger partial charge in [0.1, 0.15) is 11.6 Å². The third-order valence-corrected chi connectivity index (χ3v) is 4.65. The van der Waals surface area contributed by atoms with E-state index >= 15 is 0 Å². The average Bonchev–Trinajstić information content (AvgIpc) is 2.87. The van der Waals surface area contributed by atoms with Crippen LogP contribution >= 0.6 is 11.6 Å². The van der Waals surface area contributed by atoms with Crippen LogP contribution in [0.5, 0.6) is 5.75 Å². The molecule has 0 unspecified atom stereocenters. The molecule has 1 aliphatic rings. The number of carbonyl (C=O) groups excluding carboxylic acids is 1. The van der Waals surface area contributed by atoms with E-state index in [0.29, 0.717) is 17.3 Å². The molecule has 3 rings (SSSR count). The van der Waals surface area contributed by atoms with Crippen molar-refractivity contribution in [1.29, 1.82) is 0 Å². The molecule has 0 radical (unpaired) electrons. The van der Waals surface area contributed by atoms with E-state index in [2.05, 4.69) is 4.90 Å². The first-order chi connectivity index (χ1) is 12.6. The summed E-state index contributed by atoms with van der Waals surface area (Å²) >= 11 is 5.92. The summed E-state index contributed by atoms with van der Waals surface area (Å²) in [5.74, 6) is 0.355. The van der Waals surface area contributed by atoms with Crippen LogP contribution in [0.2, 0.25) is 5.02 Å². The minimum atomic E-state index is -0.221. The van der Waals surface area contributed by atoms with Gasteiger partial charge in [0, 0.05) is 37.7 Å². The van der Waals surface area contributed by atoms with Crippen LogP contribution < -0.4 is 4.74 Å². The molecule has 0 spiro atoms. The first kappa shape index (κ1) is 18.7. The average molecular weight is 377 g/mol. The Morgan fingerprint density at radius 1 is 1.08 bits per heavy atom. The SMILES string of the molecule is O=C(COc1cccc(Cl)c1)N1CCCN(Cc2ccc(F)cc2)CC1. The van der Waals surface area contributed by atoms with Crippen LogP contribution in [0.15, 0.2) is 48.5 Å². The van der Waals surface area contributed by atoms with Gasteiger partial charge in [-0.05, 0) is 42.3 Å². The van der Waals surface area contributed by atoms with Crippen molar-refractivity contribution in [3.8, 4) is 5.75 Å². The molecule has 1 aliphatic heterocycles. The molecule has 2 aromatic rings. The highest BCUT2D eigenvalue weighted by molar-refractivity contribution is 6.30. The Kier molecular flexibility index (Phi) is 6.47. The zero-order chi connectivity index (χ0) is 18.4. The lowest BCUT2D eigenvalue weighted by Crippen LogP contribution is -2.38. The maximum atomic E-state index is 13.0. The molecule has 2 aromatic carbocycles. The van der Waals surface area contributed by atoms with E-state index in [-0.39, 0.29) is 18.3 Å². The second-order valence-electron chi connectivity index (χ2n) is 6.38. The Balaban J connectivity index is 1.48. The van der Waals surface area contributed by atoms with E-state index in [4.69, 9.17) is 16.3 Å². The van der Waals surface area contributed by atoms with Crippen molar-refractivity contribution in [2.75, 3.05) is 32.8 Å². The quantitative estimate of drug-likeness (QED) is 0.799. The van der Waals surface area contributed by atoms with Gasteiger partial charge in [-0.3, -0.25) is 9.69 Å². The summed E-state index contributed by atoms with van der Waals surface area (Å²) in [6.45, 7) is 3.87. The number of amides is 1. The standard InChI is InChI=1S/C20H22ClFN2O2/c21-17-3-1-4-19(13-17)26-15-20(25)24-10-2-9-23(11-12-24)14-16-5-7-18(22)8-6-16/h1,3-8,13H,2,9-12,14-15H2. The fraction of sp³-hybridized carbons (Fsp3) is 0.350. The molecule has 0 saturated carbocycles. The molecule has 1 heterocycles. The van der Waals surface area contributed by atoms with Crippen LogP contribution in [-0.4, -0.2) is 48.5 Å². The van der Waals surface area contributed by atoms with Crippen LogP contribution in [-0.2, 0) is 11.3 Å². The number of carbonyl (C=O) groups is 1. The van der Waals surface area contributed by atoms with Crippen LogP contribution in [0.1, 0.15) is 12.0 Å². The van der Waals surface area contributed by atoms with Crippen molar-refractivity contribution < 1.29 is 13.9 Å². The highest BCUT2D eigenvalue weighted by Gasteiger charge is 2.19. The zero-order valence-corrected chi connectivity index (χ0v) is 15.3. The van der Waals surface area contributed by atoms with E-state index in [1.807, 2.05) is 17.0 Å². The third kappa shape index (κ3) is 5.44. The van der Waals surface area contributed by atoms with Crippen molar-refractivity contribution in [3.05, 3.63) is 64.9 Å². The molecule has 1 saturated heterocycles. The molecule has 26 heavy (non-hydrogen) atoms. The van der Waals surface area contributed by atoms with Gasteiger partial charge >= 0.3 is 0 Å². The Morgan fingerprint density at radius 3 is 2.65 bits per heavy atom.